The molecule has 40 heteroatoms. The third kappa shape index (κ3) is 23.7. The van der Waals surface area contributed by atoms with Crippen molar-refractivity contribution in [3.05, 3.63) is 167 Å². The number of hydrogen-bond acceptors (Lipinski definition) is 29. The Kier molecular flexibility index (Phi) is 33.6. The molecule has 3 aliphatic carbocycles. The number of hydrogen-bond donors (Lipinski definition) is 15. The van der Waals surface area contributed by atoms with Crippen LogP contribution in [0, 0.1) is 22.7 Å². The number of carbonyl (C=O) groups excluding carboxylic acids is 15. The van der Waals surface area contributed by atoms with Gasteiger partial charge in [0.15, 0.2) is 23.6 Å². The number of fused-ring (bicyclic) bond motifs is 5. The first-order valence-electron chi connectivity index (χ1n) is 42.5. The van der Waals surface area contributed by atoms with Crippen molar-refractivity contribution in [1.82, 2.24) is 52.1 Å². The van der Waals surface area contributed by atoms with E-state index < -0.39 is 242 Å². The van der Waals surface area contributed by atoms with Crippen molar-refractivity contribution in [2.75, 3.05) is 58.0 Å². The smallest absolute Gasteiger partial charge is 0.456 e. The van der Waals surface area contributed by atoms with Crippen LogP contribution in [0.2, 0.25) is 0 Å². The number of Topliss-reactive ketones (excluding diaryl/α,β-unsaturated/α-hetero) is 1. The molecule has 40 nitrogen and oxygen atoms in total. The Morgan fingerprint density at radius 1 is 0.667 bits per heavy atom. The summed E-state index contributed by atoms with van der Waals surface area (Å²) in [6, 6.07) is 17.7. The Morgan fingerprint density at radius 2 is 1.24 bits per heavy atom. The number of H-pyrrole nitrogens is 1. The minimum Gasteiger partial charge on any atom is -0.456 e. The van der Waals surface area contributed by atoms with E-state index in [0.717, 1.165) is 13.8 Å². The number of aliphatic hydroxyl groups is 4. The molecule has 1 aromatic heterocycles. The highest BCUT2D eigenvalue weighted by molar-refractivity contribution is 6.01. The van der Waals surface area contributed by atoms with Gasteiger partial charge in [0.05, 0.1) is 68.0 Å². The number of morpholine rings is 1. The third-order valence-corrected chi connectivity index (χ3v) is 24.0. The molecule has 2 saturated carbocycles. The maximum absolute atomic E-state index is 16.7. The predicted octanol–water partition coefficient (Wildman–Crippen LogP) is 1.26. The summed E-state index contributed by atoms with van der Waals surface area (Å²) >= 11 is 0. The van der Waals surface area contributed by atoms with Gasteiger partial charge in [0.1, 0.15) is 72.9 Å². The van der Waals surface area contributed by atoms with E-state index in [4.69, 9.17) is 49.4 Å². The molecule has 0 radical (unpaired) electrons. The van der Waals surface area contributed by atoms with Crippen LogP contribution in [0.4, 0.5) is 15.3 Å². The van der Waals surface area contributed by atoms with Crippen LogP contribution >= 0.6 is 0 Å². The Bertz CT molecular complexity index is 4890. The highest BCUT2D eigenvalue weighted by Gasteiger charge is 2.79. The molecule has 17 N–H and O–H groups in total. The molecule has 129 heavy (non-hydrogen) atoms. The van der Waals surface area contributed by atoms with Crippen molar-refractivity contribution in [3.8, 4) is 0 Å². The highest BCUT2D eigenvalue weighted by Crippen LogP contribution is 2.65. The molecule has 17 atom stereocenters. The number of urea groups is 1. The maximum Gasteiger partial charge on any atom is 0.508 e. The number of nitrogens with two attached hydrogens (primary N) is 2. The zero-order valence-electron chi connectivity index (χ0n) is 72.7. The van der Waals surface area contributed by atoms with Crippen molar-refractivity contribution < 1.29 is 130 Å². The quantitative estimate of drug-likeness (QED) is 0.0114. The number of aliphatic hydroxyl groups excluding tert-OH is 3. The van der Waals surface area contributed by atoms with E-state index in [-0.39, 0.29) is 110 Å². The van der Waals surface area contributed by atoms with Gasteiger partial charge in [-0.1, -0.05) is 107 Å². The fourth-order valence-corrected chi connectivity index (χ4v) is 17.1. The van der Waals surface area contributed by atoms with Crippen LogP contribution in [0.15, 0.2) is 139 Å². The van der Waals surface area contributed by atoms with E-state index in [1.807, 2.05) is 0 Å². The summed E-state index contributed by atoms with van der Waals surface area (Å²) in [5.41, 5.74) is 3.30. The van der Waals surface area contributed by atoms with Gasteiger partial charge in [0, 0.05) is 75.5 Å². The summed E-state index contributed by atoms with van der Waals surface area (Å²) in [6.07, 6.45) is -11.4. The lowest BCUT2D eigenvalue weighted by Gasteiger charge is -2.67. The van der Waals surface area contributed by atoms with Crippen molar-refractivity contribution in [1.29, 1.82) is 0 Å². The first-order chi connectivity index (χ1) is 61.4. The summed E-state index contributed by atoms with van der Waals surface area (Å²) in [7, 11) is 0. The van der Waals surface area contributed by atoms with Gasteiger partial charge in [-0.3, -0.25) is 52.7 Å². The van der Waals surface area contributed by atoms with Crippen LogP contribution in [0.3, 0.4) is 0 Å². The Morgan fingerprint density at radius 3 is 1.80 bits per heavy atom. The van der Waals surface area contributed by atoms with Crippen LogP contribution < -0.4 is 54.0 Å². The molecule has 0 spiro atoms. The second-order valence-corrected chi connectivity index (χ2v) is 33.6. The summed E-state index contributed by atoms with van der Waals surface area (Å²) in [6.45, 7) is 9.22. The third-order valence-electron chi connectivity index (χ3n) is 24.0. The largest absolute Gasteiger partial charge is 0.508 e. The van der Waals surface area contributed by atoms with E-state index in [1.165, 1.54) is 106 Å². The molecule has 3 heterocycles. The molecule has 5 aliphatic rings. The number of benzene rings is 4. The number of carbonyl (C=O) groups is 15. The van der Waals surface area contributed by atoms with E-state index >= 15 is 4.79 Å². The topological polar surface area (TPSA) is 591 Å². The standard InChI is InChI=1S/C89H113N13O27/c1-48(2)38-60(97-77(112)58(26-18-19-33-90)95-80(115)62(43-103)99-81(116)63(44-104)98-79(114)61(39-57-42-92-47-93-57)100-84(119)102-34-36-122-37-35-102)78(113)96-59(31-32-67(91)107)76(111)94-56-29-27-52(28-30-56)45-123-85(120)127-65-40-66-88(46-124-66,129-51(5)106)72-74(128-82(117)55-24-16-11-17-25-55)89(121)41-64(49(3)68(86(89,6)7)71(125-50(4)105)73(109)87(65,72)8)126-83(118)70(108)69(53-20-12-9-13-21-53)101-75(110)54-22-14-10-15-23-54/h9-17,20-25,27-30,42,47-48,58-66,69-72,74,103-104,108,121H,18-19,26,31-41,43-46,90H2,1-8H3,(H2,91,107)(H,92,93)(H,94,111)(H,95,115)(H,96,113)(H,97,112)(H,98,114)(H,99,116)(H,100,119)(H,101,110)/t58-,59-,60-,61-,62-,63-,64+,65-,66-,69-,70+,71+,72+,74-,87+,88+,89+/m0/s1. The number of amides is 10. The number of primary amides is 1. The Balaban J connectivity index is 0.850. The maximum atomic E-state index is 16.7. The zero-order chi connectivity index (χ0) is 93.8. The van der Waals surface area contributed by atoms with E-state index in [0.29, 0.717) is 12.1 Å². The fraction of sp³-hybridized carbons (Fsp3) is 0.506. The molecule has 2 aliphatic heterocycles. The molecular weight excluding hydrogens is 1680 g/mol. The van der Waals surface area contributed by atoms with Gasteiger partial charge >= 0.3 is 36.1 Å². The molecule has 10 amide bonds. The summed E-state index contributed by atoms with van der Waals surface area (Å²) in [5, 5.41) is 67.7. The monoisotopic (exact) mass is 1800 g/mol. The number of ether oxygens (including phenoxy) is 8. The molecule has 10 rings (SSSR count). The molecular formula is C89H113N13O27. The molecule has 4 aromatic carbocycles. The molecule has 696 valence electrons. The van der Waals surface area contributed by atoms with Gasteiger partial charge in [-0.25, -0.2) is 24.2 Å². The predicted molar refractivity (Wildman–Crippen MR) is 453 cm³/mol. The van der Waals surface area contributed by atoms with Crippen molar-refractivity contribution in [3.63, 3.8) is 0 Å². The molecule has 0 unspecified atom stereocenters. The number of nitrogens with zero attached hydrogens (tertiary/aromatic N) is 2. The number of rotatable bonds is 39. The van der Waals surface area contributed by atoms with Crippen LogP contribution in [-0.2, 0) is 104 Å². The minimum absolute atomic E-state index is 0.0208. The Hall–Kier alpha value is -12.6. The highest BCUT2D eigenvalue weighted by atomic mass is 16.7. The first-order valence-corrected chi connectivity index (χ1v) is 42.5. The number of anilines is 1. The summed E-state index contributed by atoms with van der Waals surface area (Å²) in [5.74, 6) is -15.0. The van der Waals surface area contributed by atoms with Gasteiger partial charge in [-0.15, -0.1) is 0 Å². The number of imidazole rings is 1. The number of nitrogens with one attached hydrogen (secondary N) is 9. The van der Waals surface area contributed by atoms with Crippen LogP contribution in [0.25, 0.3) is 0 Å². The number of ketones is 1. The average molecular weight is 1800 g/mol. The fourth-order valence-electron chi connectivity index (χ4n) is 17.1. The van der Waals surface area contributed by atoms with Gasteiger partial charge in [0.2, 0.25) is 41.4 Å². The lowest BCUT2D eigenvalue weighted by molar-refractivity contribution is -0.346. The summed E-state index contributed by atoms with van der Waals surface area (Å²) in [4.78, 5) is 221. The van der Waals surface area contributed by atoms with Crippen molar-refractivity contribution in [2.45, 2.75) is 210 Å². The average Bonchev–Trinajstić information content (AvgIpc) is 0.718. The van der Waals surface area contributed by atoms with Gasteiger partial charge < -0.3 is 122 Å². The zero-order valence-corrected chi connectivity index (χ0v) is 72.7. The van der Waals surface area contributed by atoms with Gasteiger partial charge in [-0.05, 0) is 117 Å². The molecule has 5 aromatic rings. The summed E-state index contributed by atoms with van der Waals surface area (Å²) < 4.78 is 48.7. The SMILES string of the molecule is CC(=O)O[C@H]1C(=O)[C@]2(C)[C@@H](OC(=O)OCc3ccc(NC(=O)[C@H](CCC(N)=O)NC(=O)[C@H](CC(C)C)NC(=O)[C@H](CCCCN)NC(=O)[C@H](CO)NC(=O)[C@H](CO)NC(=O)[C@H](Cc4c[nH]cn4)NC(=O)N4CCOCC4)cc3)C[C@@H]3OC[C@]3(OC(C)=O)[C@@H]2[C@H](OC(=O)c2ccccc2)[C@]2(O)C[C@@H](OC(=O)[C@H](O)[C@@H](NC(=O)c3ccccc3)c3ccccc3)C(C)=C1C2(C)C. The number of esters is 4. The van der Waals surface area contributed by atoms with Crippen LogP contribution in [-0.4, -0.2) is 261 Å². The normalized spacial score (nSPS) is 23.2. The van der Waals surface area contributed by atoms with E-state index in [9.17, 15) is 87.5 Å². The lowest BCUT2D eigenvalue weighted by atomic mass is 9.44. The van der Waals surface area contributed by atoms with Gasteiger partial charge in [0.25, 0.3) is 5.91 Å². The van der Waals surface area contributed by atoms with Crippen LogP contribution in [0.1, 0.15) is 150 Å². The second-order valence-electron chi connectivity index (χ2n) is 33.6. The lowest BCUT2D eigenvalue weighted by Crippen LogP contribution is -2.82. The van der Waals surface area contributed by atoms with Gasteiger partial charge in [-0.2, -0.15) is 0 Å². The Labute approximate surface area is 742 Å². The number of unbranched alkanes of at least 4 members (excludes halogenated alkanes) is 1. The molecule has 2 saturated heterocycles. The second kappa shape index (κ2) is 43.9. The molecule has 4 fully saturated rings. The minimum atomic E-state index is -2.65. The van der Waals surface area contributed by atoms with E-state index in [1.54, 1.807) is 68.4 Å². The number of aromatic amines is 1. The van der Waals surface area contributed by atoms with Crippen molar-refractivity contribution >= 4 is 94.8 Å². The molecule has 2 bridgehead atoms. The number of aromatic nitrogens is 2. The van der Waals surface area contributed by atoms with Crippen LogP contribution in [0.5, 0.6) is 0 Å². The van der Waals surface area contributed by atoms with E-state index in [2.05, 4.69) is 52.5 Å². The van der Waals surface area contributed by atoms with Crippen molar-refractivity contribution in [2.24, 2.45) is 34.1 Å². The first kappa shape index (κ1) is 98.6.